The Morgan fingerprint density at radius 1 is 0.909 bits per heavy atom. The van der Waals surface area contributed by atoms with E-state index in [1.54, 1.807) is 0 Å². The Kier molecular flexibility index (Phi) is 3.23. The molecule has 0 aromatic heterocycles. The summed E-state index contributed by atoms with van der Waals surface area (Å²) in [7, 11) is 0. The van der Waals surface area contributed by atoms with Crippen LogP contribution in [0.25, 0.3) is 5.57 Å². The molecule has 0 N–H and O–H groups in total. The highest BCUT2D eigenvalue weighted by Gasteiger charge is 2.17. The number of fused-ring (bicyclic) bond motifs is 1. The summed E-state index contributed by atoms with van der Waals surface area (Å²) >= 11 is 0. The van der Waals surface area contributed by atoms with Crippen LogP contribution in [-0.4, -0.2) is 18.1 Å². The number of allylic oxidation sites excluding steroid dienone is 1. The summed E-state index contributed by atoms with van der Waals surface area (Å²) < 4.78 is 0. The Morgan fingerprint density at radius 2 is 1.77 bits per heavy atom. The van der Waals surface area contributed by atoms with Crippen molar-refractivity contribution in [2.75, 3.05) is 6.54 Å². The summed E-state index contributed by atoms with van der Waals surface area (Å²) in [5.41, 5.74) is 7.31. The molecular weight excluding hydrogens is 268 g/mol. The lowest BCUT2D eigenvalue weighted by Crippen LogP contribution is -2.07. The first-order chi connectivity index (χ1) is 10.8. The Hall–Kier alpha value is -2.48. The van der Waals surface area contributed by atoms with E-state index in [0.717, 1.165) is 30.0 Å². The molecule has 2 aliphatic rings. The maximum Gasteiger partial charge on any atom is 0.155 e. The molecule has 1 aliphatic carbocycles. The van der Waals surface area contributed by atoms with Crippen molar-refractivity contribution in [2.45, 2.75) is 19.3 Å². The molecule has 22 heavy (non-hydrogen) atoms. The summed E-state index contributed by atoms with van der Waals surface area (Å²) in [5.74, 6) is 0.840. The van der Waals surface area contributed by atoms with Crippen LogP contribution >= 0.6 is 0 Å². The smallest absolute Gasteiger partial charge is 0.155 e. The zero-order chi connectivity index (χ0) is 14.9. The number of amidine groups is 1. The highest BCUT2D eigenvalue weighted by atomic mass is 15.0. The van der Waals surface area contributed by atoms with E-state index in [0.29, 0.717) is 6.54 Å². The van der Waals surface area contributed by atoms with Crippen LogP contribution in [0.5, 0.6) is 0 Å². The summed E-state index contributed by atoms with van der Waals surface area (Å²) in [4.78, 5) is 9.32. The van der Waals surface area contributed by atoms with Gasteiger partial charge in [0.25, 0.3) is 0 Å². The monoisotopic (exact) mass is 286 g/mol. The summed E-state index contributed by atoms with van der Waals surface area (Å²) in [5, 5.41) is 0. The van der Waals surface area contributed by atoms with Gasteiger partial charge in [-0.1, -0.05) is 49.0 Å². The fourth-order valence-corrected chi connectivity index (χ4v) is 3.18. The SMILES string of the molecule is C=C1CCCc2ccc(C3=NC(c4ccccc4)=NC3)cc21. The Morgan fingerprint density at radius 3 is 2.64 bits per heavy atom. The number of aryl methyl sites for hydroxylation is 1. The molecule has 0 atom stereocenters. The first-order valence-electron chi connectivity index (χ1n) is 7.80. The third-order valence-electron chi connectivity index (χ3n) is 4.40. The Balaban J connectivity index is 1.67. The van der Waals surface area contributed by atoms with Gasteiger partial charge in [-0.2, -0.15) is 0 Å². The van der Waals surface area contributed by atoms with Gasteiger partial charge in [0.15, 0.2) is 5.84 Å². The van der Waals surface area contributed by atoms with Crippen LogP contribution in [0.1, 0.15) is 35.1 Å². The van der Waals surface area contributed by atoms with E-state index in [9.17, 15) is 0 Å². The van der Waals surface area contributed by atoms with Crippen LogP contribution in [0.2, 0.25) is 0 Å². The molecule has 2 aromatic carbocycles. The standard InChI is InChI=1S/C20H18N2/c1-14-6-5-9-15-10-11-17(12-18(14)15)19-13-21-20(22-19)16-7-3-2-4-8-16/h2-4,7-8,10-12H,1,5-6,9,13H2. The van der Waals surface area contributed by atoms with Gasteiger partial charge in [-0.15, -0.1) is 0 Å². The van der Waals surface area contributed by atoms with E-state index < -0.39 is 0 Å². The minimum absolute atomic E-state index is 0.662. The lowest BCUT2D eigenvalue weighted by atomic mass is 9.86. The van der Waals surface area contributed by atoms with E-state index in [2.05, 4.69) is 41.9 Å². The highest BCUT2D eigenvalue weighted by molar-refractivity contribution is 6.17. The molecule has 108 valence electrons. The molecule has 2 heteroatoms. The normalized spacial score (nSPS) is 17.0. The minimum Gasteiger partial charge on any atom is -0.260 e. The lowest BCUT2D eigenvalue weighted by molar-refractivity contribution is 0.823. The predicted octanol–water partition coefficient (Wildman–Crippen LogP) is 4.29. The third-order valence-corrected chi connectivity index (χ3v) is 4.40. The van der Waals surface area contributed by atoms with Crippen molar-refractivity contribution in [1.82, 2.24) is 0 Å². The van der Waals surface area contributed by atoms with Crippen molar-refractivity contribution in [2.24, 2.45) is 9.98 Å². The fourth-order valence-electron chi connectivity index (χ4n) is 3.18. The van der Waals surface area contributed by atoms with Gasteiger partial charge < -0.3 is 0 Å². The van der Waals surface area contributed by atoms with Crippen LogP contribution in [0.4, 0.5) is 0 Å². The first kappa shape index (κ1) is 13.2. The predicted molar refractivity (Wildman–Crippen MR) is 92.8 cm³/mol. The molecule has 1 aliphatic heterocycles. The zero-order valence-corrected chi connectivity index (χ0v) is 12.5. The number of nitrogens with zero attached hydrogens (tertiary/aromatic N) is 2. The maximum atomic E-state index is 4.74. The molecule has 0 spiro atoms. The van der Waals surface area contributed by atoms with Gasteiger partial charge >= 0.3 is 0 Å². The molecule has 0 saturated carbocycles. The van der Waals surface area contributed by atoms with Gasteiger partial charge in [0.2, 0.25) is 0 Å². The maximum absolute atomic E-state index is 4.74. The van der Waals surface area contributed by atoms with Gasteiger partial charge in [-0.3, -0.25) is 4.99 Å². The van der Waals surface area contributed by atoms with Crippen molar-refractivity contribution in [3.8, 4) is 0 Å². The Labute approximate surface area is 130 Å². The van der Waals surface area contributed by atoms with E-state index >= 15 is 0 Å². The zero-order valence-electron chi connectivity index (χ0n) is 12.5. The molecule has 2 aromatic rings. The molecule has 0 saturated heterocycles. The Bertz CT molecular complexity index is 798. The van der Waals surface area contributed by atoms with Gasteiger partial charge in [0, 0.05) is 5.56 Å². The van der Waals surface area contributed by atoms with Crippen LogP contribution in [0, 0.1) is 0 Å². The molecular formula is C20H18N2. The molecule has 2 nitrogen and oxygen atoms in total. The molecule has 0 amide bonds. The number of hydrogen-bond donors (Lipinski definition) is 0. The van der Waals surface area contributed by atoms with Crippen LogP contribution in [-0.2, 0) is 6.42 Å². The van der Waals surface area contributed by atoms with Crippen molar-refractivity contribution < 1.29 is 0 Å². The van der Waals surface area contributed by atoms with Gasteiger partial charge in [0.1, 0.15) is 0 Å². The first-order valence-corrected chi connectivity index (χ1v) is 7.80. The fraction of sp³-hybridized carbons (Fsp3) is 0.200. The average molecular weight is 286 g/mol. The average Bonchev–Trinajstić information content (AvgIpc) is 3.06. The van der Waals surface area contributed by atoms with Crippen molar-refractivity contribution in [3.63, 3.8) is 0 Å². The third kappa shape index (κ3) is 2.31. The number of rotatable bonds is 2. The molecule has 1 heterocycles. The molecule has 0 unspecified atom stereocenters. The highest BCUT2D eigenvalue weighted by Crippen LogP contribution is 2.30. The van der Waals surface area contributed by atoms with E-state index in [-0.39, 0.29) is 0 Å². The van der Waals surface area contributed by atoms with E-state index in [1.807, 2.05) is 18.2 Å². The number of aliphatic imine (C=N–C) groups is 2. The lowest BCUT2D eigenvalue weighted by Gasteiger charge is -2.18. The number of hydrogen-bond acceptors (Lipinski definition) is 2. The summed E-state index contributed by atoms with van der Waals surface area (Å²) in [6, 6.07) is 16.8. The second kappa shape index (κ2) is 5.38. The van der Waals surface area contributed by atoms with Crippen LogP contribution < -0.4 is 0 Å². The largest absolute Gasteiger partial charge is 0.260 e. The summed E-state index contributed by atoms with van der Waals surface area (Å²) in [6.45, 7) is 4.88. The second-order valence-electron chi connectivity index (χ2n) is 5.89. The van der Waals surface area contributed by atoms with E-state index in [1.165, 1.54) is 28.7 Å². The van der Waals surface area contributed by atoms with Crippen LogP contribution in [0.3, 0.4) is 0 Å². The van der Waals surface area contributed by atoms with Gasteiger partial charge in [-0.05, 0) is 47.6 Å². The second-order valence-corrected chi connectivity index (χ2v) is 5.89. The topological polar surface area (TPSA) is 24.7 Å². The van der Waals surface area contributed by atoms with Crippen molar-refractivity contribution in [3.05, 3.63) is 77.4 Å². The van der Waals surface area contributed by atoms with Crippen molar-refractivity contribution in [1.29, 1.82) is 0 Å². The van der Waals surface area contributed by atoms with Gasteiger partial charge in [0.05, 0.1) is 12.3 Å². The van der Waals surface area contributed by atoms with Gasteiger partial charge in [-0.25, -0.2) is 4.99 Å². The molecule has 4 rings (SSSR count). The molecule has 0 fully saturated rings. The number of benzene rings is 2. The quantitative estimate of drug-likeness (QED) is 0.787. The van der Waals surface area contributed by atoms with Crippen molar-refractivity contribution >= 4 is 17.1 Å². The summed E-state index contributed by atoms with van der Waals surface area (Å²) in [6.07, 6.45) is 3.48. The van der Waals surface area contributed by atoms with E-state index in [4.69, 9.17) is 4.99 Å². The minimum atomic E-state index is 0.662. The van der Waals surface area contributed by atoms with Crippen LogP contribution in [0.15, 0.2) is 65.1 Å². The molecule has 0 bridgehead atoms. The molecule has 0 radical (unpaired) electrons.